The van der Waals surface area contributed by atoms with E-state index in [4.69, 9.17) is 48.6 Å². The second-order valence-corrected chi connectivity index (χ2v) is 12.6. The maximum absolute atomic E-state index is 14.4. The van der Waals surface area contributed by atoms with Crippen molar-refractivity contribution in [2.45, 2.75) is 49.2 Å². The number of aliphatic carboxylic acids is 1. The number of ether oxygens (including phenoxy) is 1. The van der Waals surface area contributed by atoms with Crippen LogP contribution in [-0.4, -0.2) is 57.9 Å². The van der Waals surface area contributed by atoms with E-state index in [2.05, 4.69) is 4.99 Å². The van der Waals surface area contributed by atoms with E-state index >= 15 is 0 Å². The Hall–Kier alpha value is -4.27. The Balaban J connectivity index is 0.000000838. The molecule has 4 rings (SSSR count). The van der Waals surface area contributed by atoms with Crippen molar-refractivity contribution in [3.8, 4) is 11.4 Å². The SMILES string of the molecule is COc1cc(-n2c(C(C)(C)c3ccc(Cl)c(Cl)c3)cnc2SCc2ccc(CCCN=CN)c(C(=O)O)c2)ccc1F.O=C(O)C(F)(F)F. The van der Waals surface area contributed by atoms with Gasteiger partial charge in [-0.1, -0.05) is 67.0 Å². The molecular weight excluding hydrogens is 711 g/mol. The number of methoxy groups -OCH3 is 1. The van der Waals surface area contributed by atoms with Crippen LogP contribution in [0, 0.1) is 5.82 Å². The third-order valence-corrected chi connectivity index (χ3v) is 9.02. The molecule has 0 saturated carbocycles. The zero-order chi connectivity index (χ0) is 36.5. The number of nitrogens with zero attached hydrogens (tertiary/aromatic N) is 3. The van der Waals surface area contributed by atoms with E-state index in [1.165, 1.54) is 31.3 Å². The van der Waals surface area contributed by atoms with E-state index < -0.39 is 29.3 Å². The Kier molecular flexibility index (Phi) is 13.5. The first-order chi connectivity index (χ1) is 23.0. The highest BCUT2D eigenvalue weighted by Gasteiger charge is 2.38. The maximum atomic E-state index is 14.4. The molecule has 49 heavy (non-hydrogen) atoms. The number of benzene rings is 3. The van der Waals surface area contributed by atoms with Gasteiger partial charge in [0, 0.05) is 23.8 Å². The lowest BCUT2D eigenvalue weighted by molar-refractivity contribution is -0.192. The summed E-state index contributed by atoms with van der Waals surface area (Å²) in [6.45, 7) is 4.63. The van der Waals surface area contributed by atoms with Crippen LogP contribution in [0.15, 0.2) is 70.9 Å². The number of halogens is 6. The fraction of sp³-hybridized carbons (Fsp3) is 0.273. The third-order valence-electron chi connectivity index (χ3n) is 7.26. The van der Waals surface area contributed by atoms with Crippen molar-refractivity contribution in [2.24, 2.45) is 10.7 Å². The lowest BCUT2D eigenvalue weighted by Gasteiger charge is -2.28. The molecule has 0 saturated heterocycles. The van der Waals surface area contributed by atoms with Crippen LogP contribution >= 0.6 is 35.0 Å². The van der Waals surface area contributed by atoms with E-state index in [0.29, 0.717) is 46.0 Å². The highest BCUT2D eigenvalue weighted by atomic mass is 35.5. The fourth-order valence-electron chi connectivity index (χ4n) is 4.66. The molecule has 0 unspecified atom stereocenters. The van der Waals surface area contributed by atoms with Gasteiger partial charge in [-0.3, -0.25) is 9.56 Å². The second kappa shape index (κ2) is 16.9. The Labute approximate surface area is 293 Å². The number of imidazole rings is 1. The van der Waals surface area contributed by atoms with Crippen molar-refractivity contribution in [1.82, 2.24) is 9.55 Å². The fourth-order valence-corrected chi connectivity index (χ4v) is 5.89. The predicted molar refractivity (Wildman–Crippen MR) is 181 cm³/mol. The maximum Gasteiger partial charge on any atom is 0.490 e. The first-order valence-corrected chi connectivity index (χ1v) is 16.1. The minimum atomic E-state index is -5.08. The zero-order valence-electron chi connectivity index (χ0n) is 26.4. The first-order valence-electron chi connectivity index (χ1n) is 14.4. The van der Waals surface area contributed by atoms with Gasteiger partial charge in [-0.2, -0.15) is 13.2 Å². The standard InChI is InChI=1S/C31H31Cl2FN4O3S.C2HF3O2/c1-31(2,21-8-10-24(32)25(33)14-21)28-16-37-30(38(28)22-9-11-26(34)27(15-22)41-3)42-17-19-6-7-20(5-4-12-36-18-35)23(13-19)29(39)40;3-2(4,5)1(6)7/h6-11,13-16,18H,4-5,12,17H2,1-3H3,(H2,35,36)(H,39,40);(H,6,7). The van der Waals surface area contributed by atoms with Gasteiger partial charge in [-0.05, 0) is 59.9 Å². The summed E-state index contributed by atoms with van der Waals surface area (Å²) >= 11 is 14.0. The first kappa shape index (κ1) is 39.2. The summed E-state index contributed by atoms with van der Waals surface area (Å²) in [7, 11) is 1.42. The molecule has 0 radical (unpaired) electrons. The van der Waals surface area contributed by atoms with Crippen LogP contribution in [0.4, 0.5) is 17.6 Å². The van der Waals surface area contributed by atoms with E-state index in [9.17, 15) is 27.5 Å². The smallest absolute Gasteiger partial charge is 0.490 e. The van der Waals surface area contributed by atoms with Gasteiger partial charge in [0.25, 0.3) is 0 Å². The van der Waals surface area contributed by atoms with Gasteiger partial charge in [0.1, 0.15) is 0 Å². The molecule has 0 spiro atoms. The van der Waals surface area contributed by atoms with Crippen molar-refractivity contribution >= 4 is 53.2 Å². The summed E-state index contributed by atoms with van der Waals surface area (Å²) in [6, 6.07) is 15.6. The summed E-state index contributed by atoms with van der Waals surface area (Å²) in [4.78, 5) is 29.7. The minimum absolute atomic E-state index is 0.106. The molecule has 9 nitrogen and oxygen atoms in total. The third kappa shape index (κ3) is 10.1. The number of aromatic carboxylic acids is 1. The monoisotopic (exact) mass is 742 g/mol. The predicted octanol–water partition coefficient (Wildman–Crippen LogP) is 8.20. The number of carboxylic acids is 2. The number of carboxylic acid groups (broad SMARTS) is 2. The van der Waals surface area contributed by atoms with Crippen molar-refractivity contribution < 1.29 is 42.1 Å². The number of carbonyl (C=O) groups is 2. The number of aliphatic imine (C=N–C) groups is 1. The molecule has 262 valence electrons. The van der Waals surface area contributed by atoms with Gasteiger partial charge >= 0.3 is 18.1 Å². The number of thioether (sulfide) groups is 1. The number of rotatable bonds is 12. The van der Waals surface area contributed by atoms with E-state index in [1.54, 1.807) is 30.5 Å². The molecule has 4 N–H and O–H groups in total. The largest absolute Gasteiger partial charge is 0.494 e. The van der Waals surface area contributed by atoms with E-state index in [1.807, 2.05) is 42.7 Å². The Morgan fingerprint density at radius 3 is 2.35 bits per heavy atom. The van der Waals surface area contributed by atoms with Crippen molar-refractivity contribution in [2.75, 3.05) is 13.7 Å². The molecule has 3 aromatic carbocycles. The summed E-state index contributed by atoms with van der Waals surface area (Å²) in [6.07, 6.45) is -0.772. The number of hydrogen-bond donors (Lipinski definition) is 3. The summed E-state index contributed by atoms with van der Waals surface area (Å²) in [5.41, 5.74) is 8.97. The second-order valence-electron chi connectivity index (χ2n) is 10.9. The average molecular weight is 744 g/mol. The summed E-state index contributed by atoms with van der Waals surface area (Å²) in [5.74, 6) is -3.65. The number of hydrogen-bond acceptors (Lipinski definition) is 6. The number of nitrogens with two attached hydrogens (primary N) is 1. The van der Waals surface area contributed by atoms with E-state index in [-0.39, 0.29) is 11.3 Å². The normalized spacial score (nSPS) is 11.7. The van der Waals surface area contributed by atoms with Gasteiger partial charge in [0.15, 0.2) is 16.7 Å². The van der Waals surface area contributed by atoms with Crippen molar-refractivity contribution in [3.05, 3.63) is 105 Å². The Bertz CT molecular complexity index is 1830. The number of alkyl halides is 3. The molecule has 0 aliphatic rings. The van der Waals surface area contributed by atoms with Crippen LogP contribution in [0.2, 0.25) is 10.0 Å². The molecule has 0 atom stereocenters. The van der Waals surface area contributed by atoms with Crippen LogP contribution in [-0.2, 0) is 22.4 Å². The molecule has 4 aromatic rings. The van der Waals surface area contributed by atoms with E-state index in [0.717, 1.165) is 22.4 Å². The molecule has 0 bridgehead atoms. The minimum Gasteiger partial charge on any atom is -0.494 e. The molecule has 0 aliphatic carbocycles. The molecule has 1 heterocycles. The molecular formula is C33H32Cl2F4N4O5S. The Morgan fingerprint density at radius 2 is 1.76 bits per heavy atom. The van der Waals surface area contributed by atoms with Crippen LogP contribution in [0.5, 0.6) is 5.75 Å². The lowest BCUT2D eigenvalue weighted by Crippen LogP contribution is -2.23. The molecule has 0 aliphatic heterocycles. The number of aryl methyl sites for hydroxylation is 1. The average Bonchev–Trinajstić information content (AvgIpc) is 3.48. The van der Waals surface area contributed by atoms with Crippen LogP contribution in [0.3, 0.4) is 0 Å². The lowest BCUT2D eigenvalue weighted by atomic mass is 9.81. The summed E-state index contributed by atoms with van der Waals surface area (Å²) < 4.78 is 53.3. The van der Waals surface area contributed by atoms with Gasteiger partial charge in [-0.15, -0.1) is 0 Å². The van der Waals surface area contributed by atoms with Gasteiger partial charge in [0.2, 0.25) is 0 Å². The number of aromatic nitrogens is 2. The topological polar surface area (TPSA) is 140 Å². The van der Waals surface area contributed by atoms with Crippen molar-refractivity contribution in [3.63, 3.8) is 0 Å². The zero-order valence-corrected chi connectivity index (χ0v) is 28.7. The van der Waals surface area contributed by atoms with Gasteiger partial charge in [-0.25, -0.2) is 19.0 Å². The molecule has 0 amide bonds. The van der Waals surface area contributed by atoms with Gasteiger partial charge < -0.3 is 20.7 Å². The quantitative estimate of drug-likeness (QED) is 0.0434. The van der Waals surface area contributed by atoms with Crippen LogP contribution in [0.25, 0.3) is 5.69 Å². The van der Waals surface area contributed by atoms with Crippen LogP contribution in [0.1, 0.15) is 53.0 Å². The molecule has 0 fully saturated rings. The van der Waals surface area contributed by atoms with Gasteiger partial charge in [0.05, 0.1) is 46.6 Å². The summed E-state index contributed by atoms with van der Waals surface area (Å²) in [5, 5.41) is 18.5. The highest BCUT2D eigenvalue weighted by molar-refractivity contribution is 7.98. The Morgan fingerprint density at radius 1 is 1.06 bits per heavy atom. The highest BCUT2D eigenvalue weighted by Crippen LogP contribution is 2.39. The van der Waals surface area contributed by atoms with Crippen LogP contribution < -0.4 is 10.5 Å². The van der Waals surface area contributed by atoms with Crippen molar-refractivity contribution in [1.29, 1.82) is 0 Å². The molecule has 16 heteroatoms. The molecule has 1 aromatic heterocycles.